The number of amides is 1. The van der Waals surface area contributed by atoms with Gasteiger partial charge in [0, 0.05) is 12.5 Å². The molecular formula is C24H30N2O4. The van der Waals surface area contributed by atoms with E-state index in [0.717, 1.165) is 38.2 Å². The lowest BCUT2D eigenvalue weighted by Gasteiger charge is -2.31. The number of likely N-dealkylation sites (tertiary alicyclic amines) is 1. The van der Waals surface area contributed by atoms with Gasteiger partial charge in [-0.2, -0.15) is 0 Å². The van der Waals surface area contributed by atoms with Crippen molar-refractivity contribution in [2.24, 2.45) is 5.92 Å². The zero-order valence-corrected chi connectivity index (χ0v) is 17.7. The molecule has 160 valence electrons. The summed E-state index contributed by atoms with van der Waals surface area (Å²) in [6.07, 6.45) is 1.58. The van der Waals surface area contributed by atoms with Crippen molar-refractivity contribution in [3.05, 3.63) is 59.7 Å². The average molecular weight is 411 g/mol. The molecule has 0 bridgehead atoms. The monoisotopic (exact) mass is 410 g/mol. The van der Waals surface area contributed by atoms with Gasteiger partial charge < -0.3 is 14.8 Å². The number of nitrogens with one attached hydrogen (secondary N) is 1. The summed E-state index contributed by atoms with van der Waals surface area (Å²) in [5, 5.41) is 2.93. The number of anilines is 1. The van der Waals surface area contributed by atoms with Crippen molar-refractivity contribution in [3.63, 3.8) is 0 Å². The van der Waals surface area contributed by atoms with Crippen LogP contribution in [0.2, 0.25) is 0 Å². The third-order valence-corrected chi connectivity index (χ3v) is 5.25. The summed E-state index contributed by atoms with van der Waals surface area (Å²) in [5.74, 6) is 0.373. The third kappa shape index (κ3) is 5.83. The molecule has 1 aliphatic rings. The molecule has 1 saturated heterocycles. The van der Waals surface area contributed by atoms with Crippen LogP contribution < -0.4 is 10.1 Å². The Morgan fingerprint density at radius 2 is 1.80 bits per heavy atom. The Kier molecular flexibility index (Phi) is 7.85. The van der Waals surface area contributed by atoms with Gasteiger partial charge in [-0.1, -0.05) is 24.3 Å². The Balaban J connectivity index is 1.54. The van der Waals surface area contributed by atoms with Gasteiger partial charge in [-0.25, -0.2) is 4.79 Å². The van der Waals surface area contributed by atoms with Crippen LogP contribution in [-0.2, 0) is 16.1 Å². The number of para-hydroxylation sites is 1. The third-order valence-electron chi connectivity index (χ3n) is 5.25. The fraction of sp³-hybridized carbons (Fsp3) is 0.417. The van der Waals surface area contributed by atoms with Crippen LogP contribution in [0.1, 0.15) is 42.6 Å². The van der Waals surface area contributed by atoms with E-state index in [2.05, 4.69) is 22.3 Å². The number of carbonyl (C=O) groups excluding carboxylic acids is 2. The molecule has 3 rings (SSSR count). The van der Waals surface area contributed by atoms with E-state index in [1.807, 2.05) is 19.1 Å². The number of piperidine rings is 1. The van der Waals surface area contributed by atoms with Gasteiger partial charge >= 0.3 is 5.97 Å². The summed E-state index contributed by atoms with van der Waals surface area (Å²) in [6.45, 7) is 7.26. The number of ether oxygens (including phenoxy) is 2. The first-order valence-electron chi connectivity index (χ1n) is 10.6. The minimum atomic E-state index is -0.419. The van der Waals surface area contributed by atoms with Gasteiger partial charge in [0.1, 0.15) is 5.75 Å². The van der Waals surface area contributed by atoms with Crippen LogP contribution in [-0.4, -0.2) is 43.1 Å². The Bertz CT molecular complexity index is 860. The minimum Gasteiger partial charge on any atom is -0.494 e. The highest BCUT2D eigenvalue weighted by Crippen LogP contribution is 2.23. The number of benzene rings is 2. The summed E-state index contributed by atoms with van der Waals surface area (Å²) < 4.78 is 10.7. The largest absolute Gasteiger partial charge is 0.494 e. The molecule has 2 aromatic carbocycles. The van der Waals surface area contributed by atoms with Crippen LogP contribution in [0.25, 0.3) is 0 Å². The van der Waals surface area contributed by atoms with Crippen molar-refractivity contribution in [2.45, 2.75) is 33.2 Å². The number of rotatable bonds is 8. The van der Waals surface area contributed by atoms with Crippen molar-refractivity contribution in [2.75, 3.05) is 31.6 Å². The lowest BCUT2D eigenvalue weighted by Crippen LogP contribution is -2.37. The fourth-order valence-electron chi connectivity index (χ4n) is 3.73. The summed E-state index contributed by atoms with van der Waals surface area (Å²) in [4.78, 5) is 27.3. The Hall–Kier alpha value is -2.86. The summed E-state index contributed by atoms with van der Waals surface area (Å²) in [6, 6.07) is 15.1. The first-order chi connectivity index (χ1) is 14.6. The molecule has 0 atom stereocenters. The highest BCUT2D eigenvalue weighted by atomic mass is 16.5. The van der Waals surface area contributed by atoms with Gasteiger partial charge in [0.15, 0.2) is 0 Å². The molecule has 0 aliphatic carbocycles. The summed E-state index contributed by atoms with van der Waals surface area (Å²) in [5.41, 5.74) is 2.11. The number of hydrogen-bond acceptors (Lipinski definition) is 5. The van der Waals surface area contributed by atoms with E-state index in [0.29, 0.717) is 24.5 Å². The van der Waals surface area contributed by atoms with Crippen molar-refractivity contribution in [1.82, 2.24) is 4.90 Å². The van der Waals surface area contributed by atoms with E-state index < -0.39 is 5.97 Å². The molecule has 1 amide bonds. The van der Waals surface area contributed by atoms with E-state index >= 15 is 0 Å². The van der Waals surface area contributed by atoms with Crippen LogP contribution in [0.4, 0.5) is 5.69 Å². The van der Waals surface area contributed by atoms with Crippen LogP contribution in [0, 0.1) is 5.92 Å². The number of carbonyl (C=O) groups is 2. The maximum Gasteiger partial charge on any atom is 0.340 e. The molecule has 2 aromatic rings. The second kappa shape index (κ2) is 10.8. The SMILES string of the molecule is CCOC(=O)c1ccccc1NC(=O)C1CCN(Cc2cccc(OCC)c2)CC1. The van der Waals surface area contributed by atoms with Gasteiger partial charge in [0.25, 0.3) is 0 Å². The number of nitrogens with zero attached hydrogens (tertiary/aromatic N) is 1. The molecule has 1 aliphatic heterocycles. The first-order valence-corrected chi connectivity index (χ1v) is 10.6. The van der Waals surface area contributed by atoms with Crippen LogP contribution in [0.5, 0.6) is 5.75 Å². The Labute approximate surface area is 178 Å². The first kappa shape index (κ1) is 21.8. The number of esters is 1. The average Bonchev–Trinajstić information content (AvgIpc) is 2.75. The zero-order valence-electron chi connectivity index (χ0n) is 17.7. The van der Waals surface area contributed by atoms with E-state index in [9.17, 15) is 9.59 Å². The quantitative estimate of drug-likeness (QED) is 0.663. The van der Waals surface area contributed by atoms with Crippen molar-refractivity contribution >= 4 is 17.6 Å². The zero-order chi connectivity index (χ0) is 21.3. The standard InChI is InChI=1S/C24H30N2O4/c1-3-29-20-9-7-8-18(16-20)17-26-14-12-19(13-15-26)23(27)25-22-11-6-5-10-21(22)24(28)30-4-2/h5-11,16,19H,3-4,12-15,17H2,1-2H3,(H,25,27). The van der Waals surface area contributed by atoms with Gasteiger partial charge in [-0.15, -0.1) is 0 Å². The molecule has 6 nitrogen and oxygen atoms in total. The maximum atomic E-state index is 12.8. The fourth-order valence-corrected chi connectivity index (χ4v) is 3.73. The Morgan fingerprint density at radius 1 is 1.03 bits per heavy atom. The van der Waals surface area contributed by atoms with Crippen LogP contribution in [0.3, 0.4) is 0 Å². The van der Waals surface area contributed by atoms with Gasteiger partial charge in [0.2, 0.25) is 5.91 Å². The van der Waals surface area contributed by atoms with E-state index in [4.69, 9.17) is 9.47 Å². The normalized spacial score (nSPS) is 14.9. The second-order valence-corrected chi connectivity index (χ2v) is 7.39. The Morgan fingerprint density at radius 3 is 2.53 bits per heavy atom. The van der Waals surface area contributed by atoms with Gasteiger partial charge in [-0.3, -0.25) is 9.69 Å². The molecule has 1 heterocycles. The van der Waals surface area contributed by atoms with Gasteiger partial charge in [0.05, 0.1) is 24.5 Å². The van der Waals surface area contributed by atoms with E-state index in [1.165, 1.54) is 5.56 Å². The predicted octanol–water partition coefficient (Wildman–Crippen LogP) is 4.11. The summed E-state index contributed by atoms with van der Waals surface area (Å²) in [7, 11) is 0. The van der Waals surface area contributed by atoms with Gasteiger partial charge in [-0.05, 0) is 69.6 Å². The molecule has 0 aromatic heterocycles. The molecule has 0 spiro atoms. The van der Waals surface area contributed by atoms with Crippen molar-refractivity contribution in [3.8, 4) is 5.75 Å². The van der Waals surface area contributed by atoms with Crippen LogP contribution in [0.15, 0.2) is 48.5 Å². The summed E-state index contributed by atoms with van der Waals surface area (Å²) >= 11 is 0. The predicted molar refractivity (Wildman–Crippen MR) is 117 cm³/mol. The minimum absolute atomic E-state index is 0.0373. The molecule has 0 unspecified atom stereocenters. The molecule has 0 saturated carbocycles. The smallest absolute Gasteiger partial charge is 0.340 e. The molecule has 1 N–H and O–H groups in total. The van der Waals surface area contributed by atoms with Crippen molar-refractivity contribution in [1.29, 1.82) is 0 Å². The highest BCUT2D eigenvalue weighted by Gasteiger charge is 2.26. The van der Waals surface area contributed by atoms with E-state index in [-0.39, 0.29) is 11.8 Å². The second-order valence-electron chi connectivity index (χ2n) is 7.39. The molecule has 6 heteroatoms. The highest BCUT2D eigenvalue weighted by molar-refractivity contribution is 6.01. The lowest BCUT2D eigenvalue weighted by molar-refractivity contribution is -0.121. The lowest BCUT2D eigenvalue weighted by atomic mass is 9.95. The molecule has 1 fully saturated rings. The van der Waals surface area contributed by atoms with Crippen molar-refractivity contribution < 1.29 is 19.1 Å². The molecule has 0 radical (unpaired) electrons. The number of hydrogen-bond donors (Lipinski definition) is 1. The molecular weight excluding hydrogens is 380 g/mol. The topological polar surface area (TPSA) is 67.9 Å². The van der Waals surface area contributed by atoms with E-state index in [1.54, 1.807) is 31.2 Å². The maximum absolute atomic E-state index is 12.8. The molecule has 30 heavy (non-hydrogen) atoms. The van der Waals surface area contributed by atoms with Crippen LogP contribution >= 0.6 is 0 Å².